The summed E-state index contributed by atoms with van der Waals surface area (Å²) in [5, 5.41) is 13.6. The van der Waals surface area contributed by atoms with Gasteiger partial charge in [-0.05, 0) is 98.2 Å². The lowest BCUT2D eigenvalue weighted by molar-refractivity contribution is -0.213. The zero-order valence-corrected chi connectivity index (χ0v) is 26.0. The van der Waals surface area contributed by atoms with Crippen LogP contribution in [0.4, 0.5) is 0 Å². The molecule has 0 aromatic heterocycles. The molecule has 1 fully saturated rings. The zero-order chi connectivity index (χ0) is 32.0. The second-order valence-corrected chi connectivity index (χ2v) is 12.3. The standard InChI is InChI=1S/C36H40N2O7/c1-24-17-30(44-22-33(39)37-23-36(2,3)42)15-16-31(24)28-10-6-7-26(18-28)21-43-29-13-11-25(12-14-29)20-38-34(40)19-32(35(41)45-38)27-8-4-5-9-27/h6-8,10-18,32,42H,4-5,9,19-23H2,1-3H3,(H,37,39). The Morgan fingerprint density at radius 2 is 1.80 bits per heavy atom. The number of carbonyl (C=O) groups is 3. The highest BCUT2D eigenvalue weighted by atomic mass is 16.7. The summed E-state index contributed by atoms with van der Waals surface area (Å²) in [6.07, 6.45) is 5.06. The summed E-state index contributed by atoms with van der Waals surface area (Å²) in [5.41, 5.74) is 4.96. The number of benzene rings is 3. The van der Waals surface area contributed by atoms with Crippen LogP contribution in [-0.4, -0.2) is 46.7 Å². The Balaban J connectivity index is 1.12. The summed E-state index contributed by atoms with van der Waals surface area (Å²) in [6.45, 7) is 5.82. The Kier molecular flexibility index (Phi) is 9.88. The fourth-order valence-electron chi connectivity index (χ4n) is 5.41. The van der Waals surface area contributed by atoms with Crippen LogP contribution in [0.5, 0.6) is 11.5 Å². The minimum Gasteiger partial charge on any atom is -0.489 e. The van der Waals surface area contributed by atoms with Gasteiger partial charge in [-0.3, -0.25) is 9.59 Å². The van der Waals surface area contributed by atoms with Crippen molar-refractivity contribution < 1.29 is 33.8 Å². The molecule has 2 aliphatic rings. The van der Waals surface area contributed by atoms with Crippen molar-refractivity contribution in [3.8, 4) is 22.6 Å². The highest BCUT2D eigenvalue weighted by Crippen LogP contribution is 2.32. The summed E-state index contributed by atoms with van der Waals surface area (Å²) >= 11 is 0. The van der Waals surface area contributed by atoms with E-state index in [1.807, 2.05) is 67.6 Å². The lowest BCUT2D eigenvalue weighted by Crippen LogP contribution is -2.43. The number of rotatable bonds is 12. The zero-order valence-electron chi connectivity index (χ0n) is 26.0. The third-order valence-corrected chi connectivity index (χ3v) is 7.84. The first-order chi connectivity index (χ1) is 21.5. The summed E-state index contributed by atoms with van der Waals surface area (Å²) in [4.78, 5) is 42.6. The molecule has 5 rings (SSSR count). The van der Waals surface area contributed by atoms with E-state index in [9.17, 15) is 19.5 Å². The summed E-state index contributed by atoms with van der Waals surface area (Å²) < 4.78 is 11.7. The van der Waals surface area contributed by atoms with E-state index < -0.39 is 11.5 Å². The third-order valence-electron chi connectivity index (χ3n) is 7.84. The number of ether oxygens (including phenoxy) is 2. The van der Waals surface area contributed by atoms with Crippen LogP contribution in [0.25, 0.3) is 11.1 Å². The Hall–Kier alpha value is -4.63. The summed E-state index contributed by atoms with van der Waals surface area (Å²) in [7, 11) is 0. The predicted octanol–water partition coefficient (Wildman–Crippen LogP) is 5.42. The number of hydrogen-bond acceptors (Lipinski definition) is 7. The molecule has 1 saturated heterocycles. The van der Waals surface area contributed by atoms with Gasteiger partial charge in [-0.25, -0.2) is 4.79 Å². The maximum Gasteiger partial charge on any atom is 0.340 e. The van der Waals surface area contributed by atoms with E-state index in [0.717, 1.165) is 57.7 Å². The van der Waals surface area contributed by atoms with Crippen LogP contribution in [0.3, 0.4) is 0 Å². The second-order valence-electron chi connectivity index (χ2n) is 12.3. The number of aliphatic hydroxyl groups is 1. The molecule has 1 aliphatic heterocycles. The molecule has 45 heavy (non-hydrogen) atoms. The highest BCUT2D eigenvalue weighted by molar-refractivity contribution is 5.89. The smallest absolute Gasteiger partial charge is 0.340 e. The Morgan fingerprint density at radius 3 is 2.51 bits per heavy atom. The highest BCUT2D eigenvalue weighted by Gasteiger charge is 2.37. The van der Waals surface area contributed by atoms with Crippen molar-refractivity contribution in [1.82, 2.24) is 10.4 Å². The summed E-state index contributed by atoms with van der Waals surface area (Å²) in [5.74, 6) is -0.00722. The number of hydrogen-bond donors (Lipinski definition) is 2. The van der Waals surface area contributed by atoms with E-state index in [0.29, 0.717) is 18.1 Å². The van der Waals surface area contributed by atoms with Crippen LogP contribution < -0.4 is 14.8 Å². The van der Waals surface area contributed by atoms with E-state index in [4.69, 9.17) is 14.3 Å². The van der Waals surface area contributed by atoms with Gasteiger partial charge in [0, 0.05) is 13.0 Å². The average molecular weight is 613 g/mol. The number of carbonyl (C=O) groups excluding carboxylic acids is 3. The van der Waals surface area contributed by atoms with E-state index in [2.05, 4.69) is 17.5 Å². The molecule has 3 aromatic rings. The second kappa shape index (κ2) is 14.0. The van der Waals surface area contributed by atoms with Crippen molar-refractivity contribution in [2.75, 3.05) is 13.2 Å². The molecule has 236 valence electrons. The monoisotopic (exact) mass is 612 g/mol. The molecule has 0 bridgehead atoms. The lowest BCUT2D eigenvalue weighted by atomic mass is 9.94. The van der Waals surface area contributed by atoms with E-state index in [1.54, 1.807) is 13.8 Å². The van der Waals surface area contributed by atoms with Gasteiger partial charge < -0.3 is 24.7 Å². The number of nitrogens with zero attached hydrogens (tertiary/aromatic N) is 1. The molecule has 1 unspecified atom stereocenters. The van der Waals surface area contributed by atoms with Crippen LogP contribution in [0.1, 0.15) is 56.2 Å². The molecule has 0 spiro atoms. The van der Waals surface area contributed by atoms with Crippen LogP contribution in [0.2, 0.25) is 0 Å². The topological polar surface area (TPSA) is 114 Å². The van der Waals surface area contributed by atoms with Gasteiger partial charge in [-0.2, -0.15) is 5.06 Å². The van der Waals surface area contributed by atoms with Gasteiger partial charge in [0.15, 0.2) is 6.61 Å². The van der Waals surface area contributed by atoms with Crippen molar-refractivity contribution in [3.63, 3.8) is 0 Å². The maximum atomic E-state index is 12.7. The van der Waals surface area contributed by atoms with Crippen molar-refractivity contribution in [3.05, 3.63) is 95.1 Å². The normalized spacial score (nSPS) is 16.7. The van der Waals surface area contributed by atoms with Gasteiger partial charge in [0.05, 0.1) is 18.1 Å². The fraction of sp³-hybridized carbons (Fsp3) is 0.361. The fourth-order valence-corrected chi connectivity index (χ4v) is 5.41. The van der Waals surface area contributed by atoms with Crippen LogP contribution in [0, 0.1) is 12.8 Å². The number of amides is 2. The third kappa shape index (κ3) is 8.73. The Morgan fingerprint density at radius 1 is 1.02 bits per heavy atom. The number of hydroxylamine groups is 2. The molecule has 9 heteroatoms. The minimum atomic E-state index is -0.982. The maximum absolute atomic E-state index is 12.7. The molecule has 3 aromatic carbocycles. The predicted molar refractivity (Wildman–Crippen MR) is 169 cm³/mol. The molecule has 1 heterocycles. The van der Waals surface area contributed by atoms with Gasteiger partial charge in [-0.15, -0.1) is 0 Å². The molecule has 9 nitrogen and oxygen atoms in total. The molecule has 2 amide bonds. The van der Waals surface area contributed by atoms with Gasteiger partial charge >= 0.3 is 5.97 Å². The SMILES string of the molecule is Cc1cc(OCC(=O)NCC(C)(C)O)ccc1-c1cccc(COc2ccc(CN3OC(=O)C(C4=CCCC4)CC3=O)cc2)c1. The van der Waals surface area contributed by atoms with E-state index in [-0.39, 0.29) is 43.9 Å². The van der Waals surface area contributed by atoms with Crippen molar-refractivity contribution in [1.29, 1.82) is 0 Å². The first kappa shape index (κ1) is 31.8. The van der Waals surface area contributed by atoms with Crippen LogP contribution in [-0.2, 0) is 32.4 Å². The number of aryl methyl sites for hydroxylation is 1. The van der Waals surface area contributed by atoms with Crippen LogP contribution >= 0.6 is 0 Å². The molecular weight excluding hydrogens is 572 g/mol. The Bertz CT molecular complexity index is 1570. The first-order valence-corrected chi connectivity index (χ1v) is 15.3. The molecular formula is C36H40N2O7. The van der Waals surface area contributed by atoms with E-state index >= 15 is 0 Å². The molecule has 1 atom stereocenters. The average Bonchev–Trinajstić information content (AvgIpc) is 3.55. The lowest BCUT2D eigenvalue weighted by Gasteiger charge is -2.30. The largest absolute Gasteiger partial charge is 0.489 e. The quantitative estimate of drug-likeness (QED) is 0.263. The van der Waals surface area contributed by atoms with Gasteiger partial charge in [0.25, 0.3) is 11.8 Å². The molecule has 2 N–H and O–H groups in total. The van der Waals surface area contributed by atoms with Gasteiger partial charge in [0.1, 0.15) is 18.1 Å². The Labute approximate surface area is 263 Å². The van der Waals surface area contributed by atoms with Gasteiger partial charge in [-0.1, -0.05) is 48.0 Å². The van der Waals surface area contributed by atoms with Gasteiger partial charge in [0.2, 0.25) is 0 Å². The molecule has 0 radical (unpaired) electrons. The summed E-state index contributed by atoms with van der Waals surface area (Å²) in [6, 6.07) is 21.2. The van der Waals surface area contributed by atoms with E-state index in [1.165, 1.54) is 0 Å². The number of nitrogens with one attached hydrogen (secondary N) is 1. The van der Waals surface area contributed by atoms with Crippen molar-refractivity contribution >= 4 is 17.8 Å². The number of allylic oxidation sites excluding steroid dienone is 1. The van der Waals surface area contributed by atoms with Crippen molar-refractivity contribution in [2.45, 2.75) is 65.2 Å². The van der Waals surface area contributed by atoms with Crippen LogP contribution in [0.15, 0.2) is 78.4 Å². The molecule has 0 saturated carbocycles. The molecule has 1 aliphatic carbocycles. The minimum absolute atomic E-state index is 0.133. The van der Waals surface area contributed by atoms with Crippen molar-refractivity contribution in [2.24, 2.45) is 5.92 Å². The first-order valence-electron chi connectivity index (χ1n) is 15.3.